The molecule has 1 N–H and O–H groups in total. The van der Waals surface area contributed by atoms with Gasteiger partial charge in [0.1, 0.15) is 0 Å². The Bertz CT molecular complexity index is 554. The van der Waals surface area contributed by atoms with Gasteiger partial charge in [-0.25, -0.2) is 0 Å². The van der Waals surface area contributed by atoms with Gasteiger partial charge >= 0.3 is 0 Å². The van der Waals surface area contributed by atoms with Gasteiger partial charge in [0, 0.05) is 12.1 Å². The predicted molar refractivity (Wildman–Crippen MR) is 79.0 cm³/mol. The summed E-state index contributed by atoms with van der Waals surface area (Å²) in [7, 11) is 0. The van der Waals surface area contributed by atoms with Crippen molar-refractivity contribution >= 4 is 0 Å². The van der Waals surface area contributed by atoms with Gasteiger partial charge in [-0.3, -0.25) is 0 Å². The maximum Gasteiger partial charge on any atom is 0.231 e. The van der Waals surface area contributed by atoms with Crippen LogP contribution in [0, 0.1) is 0 Å². The van der Waals surface area contributed by atoms with E-state index in [1.54, 1.807) is 0 Å². The SMILES string of the molecule is c1ccc(CCCNCc2cccc3c2OCO3)cc1. The second kappa shape index (κ2) is 6.44. The highest BCUT2D eigenvalue weighted by Gasteiger charge is 2.16. The molecule has 0 bridgehead atoms. The van der Waals surface area contributed by atoms with Crippen LogP contribution in [-0.2, 0) is 13.0 Å². The van der Waals surface area contributed by atoms with Gasteiger partial charge in [0.05, 0.1) is 0 Å². The van der Waals surface area contributed by atoms with Crippen LogP contribution in [0.3, 0.4) is 0 Å². The zero-order chi connectivity index (χ0) is 13.6. The van der Waals surface area contributed by atoms with E-state index in [9.17, 15) is 0 Å². The molecule has 0 unspecified atom stereocenters. The number of hydrogen-bond acceptors (Lipinski definition) is 3. The van der Waals surface area contributed by atoms with Crippen LogP contribution >= 0.6 is 0 Å². The van der Waals surface area contributed by atoms with Gasteiger partial charge in [-0.1, -0.05) is 42.5 Å². The van der Waals surface area contributed by atoms with Crippen LogP contribution in [0.4, 0.5) is 0 Å². The summed E-state index contributed by atoms with van der Waals surface area (Å²) in [4.78, 5) is 0. The standard InChI is InChI=1S/C17H19NO2/c1-2-6-14(7-3-1)8-5-11-18-12-15-9-4-10-16-17(15)20-13-19-16/h1-4,6-7,9-10,18H,5,8,11-13H2. The Morgan fingerprint density at radius 3 is 2.75 bits per heavy atom. The fourth-order valence-electron chi connectivity index (χ4n) is 2.42. The molecule has 2 aromatic rings. The van der Waals surface area contributed by atoms with E-state index in [4.69, 9.17) is 9.47 Å². The van der Waals surface area contributed by atoms with E-state index >= 15 is 0 Å². The third kappa shape index (κ3) is 3.11. The zero-order valence-electron chi connectivity index (χ0n) is 11.5. The molecule has 20 heavy (non-hydrogen) atoms. The minimum Gasteiger partial charge on any atom is -0.454 e. The number of rotatable bonds is 6. The van der Waals surface area contributed by atoms with Crippen LogP contribution in [0.2, 0.25) is 0 Å². The first-order valence-electron chi connectivity index (χ1n) is 7.05. The van der Waals surface area contributed by atoms with E-state index in [1.807, 2.05) is 12.1 Å². The second-order valence-corrected chi connectivity index (χ2v) is 4.92. The number of ether oxygens (including phenoxy) is 2. The molecule has 0 aromatic heterocycles. The summed E-state index contributed by atoms with van der Waals surface area (Å²) in [6, 6.07) is 16.6. The zero-order valence-corrected chi connectivity index (χ0v) is 11.5. The number of benzene rings is 2. The summed E-state index contributed by atoms with van der Waals surface area (Å²) >= 11 is 0. The first-order valence-corrected chi connectivity index (χ1v) is 7.05. The van der Waals surface area contributed by atoms with Crippen LogP contribution in [0.1, 0.15) is 17.5 Å². The maximum atomic E-state index is 5.49. The van der Waals surface area contributed by atoms with Gasteiger partial charge < -0.3 is 14.8 Å². The summed E-state index contributed by atoms with van der Waals surface area (Å²) in [5.74, 6) is 1.75. The molecular weight excluding hydrogens is 250 g/mol. The molecule has 0 fully saturated rings. The Hall–Kier alpha value is -2.00. The third-order valence-corrected chi connectivity index (χ3v) is 3.46. The van der Waals surface area contributed by atoms with E-state index in [0.29, 0.717) is 6.79 Å². The number of fused-ring (bicyclic) bond motifs is 1. The van der Waals surface area contributed by atoms with E-state index < -0.39 is 0 Å². The lowest BCUT2D eigenvalue weighted by atomic mass is 10.1. The number of hydrogen-bond donors (Lipinski definition) is 1. The summed E-state index contributed by atoms with van der Waals surface area (Å²) in [5.41, 5.74) is 2.56. The van der Waals surface area contributed by atoms with E-state index in [0.717, 1.165) is 37.4 Å². The van der Waals surface area contributed by atoms with E-state index in [-0.39, 0.29) is 0 Å². The van der Waals surface area contributed by atoms with Crippen molar-refractivity contribution in [3.63, 3.8) is 0 Å². The van der Waals surface area contributed by atoms with E-state index in [1.165, 1.54) is 11.1 Å². The average molecular weight is 269 g/mol. The van der Waals surface area contributed by atoms with Crippen molar-refractivity contribution in [2.75, 3.05) is 13.3 Å². The summed E-state index contributed by atoms with van der Waals surface area (Å²) in [6.45, 7) is 2.15. The van der Waals surface area contributed by atoms with Gasteiger partial charge in [-0.05, 0) is 31.0 Å². The quantitative estimate of drug-likeness (QED) is 0.817. The average Bonchev–Trinajstić information content (AvgIpc) is 2.97. The molecule has 0 atom stereocenters. The van der Waals surface area contributed by atoms with Gasteiger partial charge in [-0.2, -0.15) is 0 Å². The van der Waals surface area contributed by atoms with Gasteiger partial charge in [0.25, 0.3) is 0 Å². The van der Waals surface area contributed by atoms with Crippen molar-refractivity contribution < 1.29 is 9.47 Å². The predicted octanol–water partition coefficient (Wildman–Crippen LogP) is 3.14. The number of nitrogens with one attached hydrogen (secondary N) is 1. The summed E-state index contributed by atoms with van der Waals surface area (Å²) < 4.78 is 10.9. The van der Waals surface area contributed by atoms with Crippen LogP contribution in [-0.4, -0.2) is 13.3 Å². The molecule has 3 heteroatoms. The van der Waals surface area contributed by atoms with Crippen molar-refractivity contribution in [1.82, 2.24) is 5.32 Å². The van der Waals surface area contributed by atoms with Crippen molar-refractivity contribution in [2.24, 2.45) is 0 Å². The molecule has 1 aliphatic rings. The van der Waals surface area contributed by atoms with Gasteiger partial charge in [0.15, 0.2) is 11.5 Å². The molecule has 2 aromatic carbocycles. The van der Waals surface area contributed by atoms with E-state index in [2.05, 4.69) is 41.7 Å². The molecule has 0 aliphatic carbocycles. The Labute approximate surface area is 119 Å². The fourth-order valence-corrected chi connectivity index (χ4v) is 2.42. The fraction of sp³-hybridized carbons (Fsp3) is 0.294. The highest BCUT2D eigenvalue weighted by Crippen LogP contribution is 2.35. The molecule has 0 saturated heterocycles. The lowest BCUT2D eigenvalue weighted by Crippen LogP contribution is -2.15. The highest BCUT2D eigenvalue weighted by atomic mass is 16.7. The number of aryl methyl sites for hydroxylation is 1. The third-order valence-electron chi connectivity index (χ3n) is 3.46. The number of para-hydroxylation sites is 1. The highest BCUT2D eigenvalue weighted by molar-refractivity contribution is 5.48. The van der Waals surface area contributed by atoms with Crippen molar-refractivity contribution in [1.29, 1.82) is 0 Å². The first-order chi connectivity index (χ1) is 9.93. The van der Waals surface area contributed by atoms with Crippen molar-refractivity contribution in [3.8, 4) is 11.5 Å². The molecular formula is C17H19NO2. The van der Waals surface area contributed by atoms with Crippen LogP contribution in [0.15, 0.2) is 48.5 Å². The lowest BCUT2D eigenvalue weighted by molar-refractivity contribution is 0.173. The van der Waals surface area contributed by atoms with Crippen LogP contribution in [0.25, 0.3) is 0 Å². The summed E-state index contributed by atoms with van der Waals surface area (Å²) in [5, 5.41) is 3.47. The minimum absolute atomic E-state index is 0.334. The van der Waals surface area contributed by atoms with Crippen LogP contribution in [0.5, 0.6) is 11.5 Å². The van der Waals surface area contributed by atoms with Crippen LogP contribution < -0.4 is 14.8 Å². The minimum atomic E-state index is 0.334. The molecule has 3 rings (SSSR count). The Balaban J connectivity index is 1.43. The lowest BCUT2D eigenvalue weighted by Gasteiger charge is -2.07. The van der Waals surface area contributed by atoms with Gasteiger partial charge in [0.2, 0.25) is 6.79 Å². The first kappa shape index (κ1) is 13.0. The molecule has 3 nitrogen and oxygen atoms in total. The maximum absolute atomic E-state index is 5.49. The molecule has 0 spiro atoms. The Morgan fingerprint density at radius 1 is 0.950 bits per heavy atom. The molecule has 0 radical (unpaired) electrons. The molecule has 0 amide bonds. The van der Waals surface area contributed by atoms with Crippen molar-refractivity contribution in [3.05, 3.63) is 59.7 Å². The smallest absolute Gasteiger partial charge is 0.231 e. The monoisotopic (exact) mass is 269 g/mol. The molecule has 1 heterocycles. The van der Waals surface area contributed by atoms with Gasteiger partial charge in [-0.15, -0.1) is 0 Å². The normalized spacial score (nSPS) is 12.6. The Kier molecular flexibility index (Phi) is 4.19. The molecule has 0 saturated carbocycles. The Morgan fingerprint density at radius 2 is 1.85 bits per heavy atom. The van der Waals surface area contributed by atoms with Crippen molar-refractivity contribution in [2.45, 2.75) is 19.4 Å². The second-order valence-electron chi connectivity index (χ2n) is 4.92. The molecule has 1 aliphatic heterocycles. The largest absolute Gasteiger partial charge is 0.454 e. The topological polar surface area (TPSA) is 30.5 Å². The summed E-state index contributed by atoms with van der Waals surface area (Å²) in [6.07, 6.45) is 2.25. The molecule has 104 valence electrons.